The van der Waals surface area contributed by atoms with Gasteiger partial charge in [-0.3, -0.25) is 19.9 Å². The summed E-state index contributed by atoms with van der Waals surface area (Å²) in [5.74, 6) is -2.18. The van der Waals surface area contributed by atoms with Crippen LogP contribution in [0.25, 0.3) is 0 Å². The number of rotatable bonds is 9. The van der Waals surface area contributed by atoms with Crippen molar-refractivity contribution in [2.24, 2.45) is 10.9 Å². The van der Waals surface area contributed by atoms with Gasteiger partial charge in [0.25, 0.3) is 5.91 Å². The molecule has 0 spiro atoms. The molecule has 1 aliphatic heterocycles. The Morgan fingerprint density at radius 2 is 1.75 bits per heavy atom. The predicted molar refractivity (Wildman–Crippen MR) is 110 cm³/mol. The molecule has 1 fully saturated rings. The standard InChI is InChI=1S/C21H30N4O3/c1-5-17(22-13-8-14-24(6-2)7-3)18-19(26)23-21(28)25(20(18)27)16-11-9-15(4)10-12-16/h9-12,18H,5-8,13-14H2,1-4H3,(H,23,26,28)/p+1. The molecule has 1 heterocycles. The third kappa shape index (κ3) is 5.04. The van der Waals surface area contributed by atoms with Gasteiger partial charge < -0.3 is 4.90 Å². The fourth-order valence-electron chi connectivity index (χ4n) is 3.37. The summed E-state index contributed by atoms with van der Waals surface area (Å²) in [6.45, 7) is 11.8. The first-order chi connectivity index (χ1) is 13.4. The van der Waals surface area contributed by atoms with Gasteiger partial charge in [-0.15, -0.1) is 0 Å². The summed E-state index contributed by atoms with van der Waals surface area (Å²) in [7, 11) is 0. The van der Waals surface area contributed by atoms with Crippen LogP contribution in [0.15, 0.2) is 29.3 Å². The molecule has 28 heavy (non-hydrogen) atoms. The Morgan fingerprint density at radius 3 is 2.32 bits per heavy atom. The average molecular weight is 388 g/mol. The van der Waals surface area contributed by atoms with Gasteiger partial charge in [-0.2, -0.15) is 0 Å². The normalized spacial score (nSPS) is 18.0. The number of carbonyl (C=O) groups is 3. The van der Waals surface area contributed by atoms with E-state index in [1.807, 2.05) is 26.0 Å². The van der Waals surface area contributed by atoms with Gasteiger partial charge in [0.05, 0.1) is 25.3 Å². The molecule has 2 N–H and O–H groups in total. The minimum atomic E-state index is -1.05. The molecule has 152 valence electrons. The SMILES string of the molecule is CCC(=NCCC[NH+](CC)CC)C1C(=O)NC(=O)N(c2ccc(C)cc2)C1=O. The first-order valence-corrected chi connectivity index (χ1v) is 10.0. The maximum absolute atomic E-state index is 13.0. The molecule has 7 nitrogen and oxygen atoms in total. The molecular weight excluding hydrogens is 356 g/mol. The number of benzene rings is 1. The second kappa shape index (κ2) is 10.1. The Labute approximate surface area is 166 Å². The van der Waals surface area contributed by atoms with Crippen LogP contribution in [0, 0.1) is 12.8 Å². The highest BCUT2D eigenvalue weighted by Gasteiger charge is 2.43. The number of amides is 4. The van der Waals surface area contributed by atoms with Gasteiger partial charge in [-0.25, -0.2) is 9.69 Å². The second-order valence-corrected chi connectivity index (χ2v) is 7.02. The monoisotopic (exact) mass is 387 g/mol. The van der Waals surface area contributed by atoms with E-state index >= 15 is 0 Å². The molecule has 0 aliphatic carbocycles. The lowest BCUT2D eigenvalue weighted by molar-refractivity contribution is -0.896. The van der Waals surface area contributed by atoms with Crippen molar-refractivity contribution in [3.05, 3.63) is 29.8 Å². The second-order valence-electron chi connectivity index (χ2n) is 7.02. The lowest BCUT2D eigenvalue weighted by atomic mass is 9.96. The van der Waals surface area contributed by atoms with E-state index in [1.54, 1.807) is 12.1 Å². The van der Waals surface area contributed by atoms with Crippen LogP contribution in [-0.2, 0) is 9.59 Å². The molecule has 1 aromatic rings. The van der Waals surface area contributed by atoms with Crippen LogP contribution in [0.1, 0.15) is 39.2 Å². The summed E-state index contributed by atoms with van der Waals surface area (Å²) in [6.07, 6.45) is 1.38. The number of hydrogen-bond acceptors (Lipinski definition) is 4. The summed E-state index contributed by atoms with van der Waals surface area (Å²) in [5, 5.41) is 2.31. The number of aliphatic imine (C=N–C) groups is 1. The van der Waals surface area contributed by atoms with Crippen molar-refractivity contribution in [2.75, 3.05) is 31.1 Å². The fourth-order valence-corrected chi connectivity index (χ4v) is 3.37. The summed E-state index contributed by atoms with van der Waals surface area (Å²) in [5.41, 5.74) is 2.00. The summed E-state index contributed by atoms with van der Waals surface area (Å²) in [6, 6.07) is 6.35. The summed E-state index contributed by atoms with van der Waals surface area (Å²) in [4.78, 5) is 44.8. The predicted octanol–water partition coefficient (Wildman–Crippen LogP) is 1.36. The van der Waals surface area contributed by atoms with Crippen molar-refractivity contribution in [3.63, 3.8) is 0 Å². The van der Waals surface area contributed by atoms with E-state index in [0.29, 0.717) is 24.4 Å². The lowest BCUT2D eigenvalue weighted by Gasteiger charge is -2.30. The fraction of sp³-hybridized carbons (Fsp3) is 0.524. The molecule has 1 aliphatic rings. The van der Waals surface area contributed by atoms with Gasteiger partial charge >= 0.3 is 6.03 Å². The van der Waals surface area contributed by atoms with Gasteiger partial charge in [0.15, 0.2) is 5.92 Å². The third-order valence-corrected chi connectivity index (χ3v) is 5.15. The van der Waals surface area contributed by atoms with Crippen LogP contribution < -0.4 is 15.1 Å². The summed E-state index contributed by atoms with van der Waals surface area (Å²) < 4.78 is 0. The molecule has 1 saturated heterocycles. The molecule has 1 atom stereocenters. The van der Waals surface area contributed by atoms with Gasteiger partial charge in [0.2, 0.25) is 5.91 Å². The van der Waals surface area contributed by atoms with Gasteiger partial charge in [-0.1, -0.05) is 24.6 Å². The van der Waals surface area contributed by atoms with Gasteiger partial charge in [0, 0.05) is 18.7 Å². The molecule has 0 bridgehead atoms. The number of nitrogens with zero attached hydrogens (tertiary/aromatic N) is 2. The largest absolute Gasteiger partial charge is 0.335 e. The Bertz CT molecular complexity index is 739. The maximum Gasteiger partial charge on any atom is 0.335 e. The molecular formula is C21H31N4O3+. The van der Waals surface area contributed by atoms with Crippen LogP contribution in [-0.4, -0.2) is 49.7 Å². The zero-order chi connectivity index (χ0) is 20.7. The smallest absolute Gasteiger partial charge is 0.335 e. The third-order valence-electron chi connectivity index (χ3n) is 5.15. The number of carbonyl (C=O) groups excluding carboxylic acids is 3. The Kier molecular flexibility index (Phi) is 7.87. The Balaban J connectivity index is 2.17. The number of barbiturate groups is 1. The minimum absolute atomic E-state index is 0.450. The van der Waals surface area contributed by atoms with E-state index in [9.17, 15) is 14.4 Å². The van der Waals surface area contributed by atoms with Crippen LogP contribution in [0.3, 0.4) is 0 Å². The number of hydrogen-bond donors (Lipinski definition) is 2. The molecule has 1 aromatic carbocycles. The zero-order valence-electron chi connectivity index (χ0n) is 17.2. The van der Waals surface area contributed by atoms with E-state index in [0.717, 1.165) is 36.5 Å². The molecule has 0 radical (unpaired) electrons. The van der Waals surface area contributed by atoms with Crippen LogP contribution >= 0.6 is 0 Å². The number of anilines is 1. The molecule has 4 amide bonds. The van der Waals surface area contributed by atoms with Crippen LogP contribution in [0.5, 0.6) is 0 Å². The number of quaternary nitrogens is 1. The van der Waals surface area contributed by atoms with Crippen LogP contribution in [0.4, 0.5) is 10.5 Å². The first kappa shape index (κ1) is 21.8. The molecule has 7 heteroatoms. The topological polar surface area (TPSA) is 83.3 Å². The molecule has 2 rings (SSSR count). The van der Waals surface area contributed by atoms with Crippen LogP contribution in [0.2, 0.25) is 0 Å². The molecule has 0 aromatic heterocycles. The Morgan fingerprint density at radius 1 is 1.11 bits per heavy atom. The minimum Gasteiger partial charge on any atom is -0.335 e. The lowest BCUT2D eigenvalue weighted by Crippen LogP contribution is -3.11. The van der Waals surface area contributed by atoms with Crippen molar-refractivity contribution < 1.29 is 19.3 Å². The zero-order valence-corrected chi connectivity index (χ0v) is 17.2. The quantitative estimate of drug-likeness (QED) is 0.381. The number of urea groups is 1. The van der Waals surface area contributed by atoms with E-state index in [2.05, 4.69) is 24.2 Å². The highest BCUT2D eigenvalue weighted by Crippen LogP contribution is 2.22. The molecule has 0 saturated carbocycles. The summed E-state index contributed by atoms with van der Waals surface area (Å²) >= 11 is 0. The van der Waals surface area contributed by atoms with Gasteiger partial charge in [0.1, 0.15) is 0 Å². The van der Waals surface area contributed by atoms with Crippen molar-refractivity contribution >= 4 is 29.2 Å². The number of nitrogens with one attached hydrogen (secondary N) is 2. The van der Waals surface area contributed by atoms with E-state index in [4.69, 9.17) is 0 Å². The van der Waals surface area contributed by atoms with Gasteiger partial charge in [-0.05, 0) is 39.3 Å². The van der Waals surface area contributed by atoms with Crippen molar-refractivity contribution in [2.45, 2.75) is 40.5 Å². The maximum atomic E-state index is 13.0. The van der Waals surface area contributed by atoms with E-state index < -0.39 is 23.8 Å². The highest BCUT2D eigenvalue weighted by molar-refractivity contribution is 6.35. The highest BCUT2D eigenvalue weighted by atomic mass is 16.2. The number of aryl methyl sites for hydroxylation is 1. The van der Waals surface area contributed by atoms with E-state index in [-0.39, 0.29) is 0 Å². The average Bonchev–Trinajstić information content (AvgIpc) is 2.67. The Hall–Kier alpha value is -2.54. The van der Waals surface area contributed by atoms with Crippen molar-refractivity contribution in [3.8, 4) is 0 Å². The number of imide groups is 2. The first-order valence-electron chi connectivity index (χ1n) is 10.0. The van der Waals surface area contributed by atoms with Crippen molar-refractivity contribution in [1.82, 2.24) is 5.32 Å². The van der Waals surface area contributed by atoms with Crippen molar-refractivity contribution in [1.29, 1.82) is 0 Å². The molecule has 1 unspecified atom stereocenters. The van der Waals surface area contributed by atoms with E-state index in [1.165, 1.54) is 4.90 Å².